The lowest BCUT2D eigenvalue weighted by Gasteiger charge is -2.07. The number of para-hydroxylation sites is 1. The minimum atomic E-state index is -0.153. The number of nitrogens with one attached hydrogen (secondary N) is 1. The van der Waals surface area contributed by atoms with Crippen LogP contribution in [0.5, 0.6) is 11.5 Å². The zero-order valence-electron chi connectivity index (χ0n) is 19.6. The average molecular weight is 489 g/mol. The van der Waals surface area contributed by atoms with Gasteiger partial charge in [0.05, 0.1) is 20.0 Å². The fraction of sp³-hybridized carbons (Fsp3) is 0.192. The van der Waals surface area contributed by atoms with Crippen molar-refractivity contribution in [3.05, 3.63) is 60.7 Å². The molecule has 0 fully saturated rings. The van der Waals surface area contributed by atoms with Gasteiger partial charge in [0.25, 0.3) is 5.22 Å². The Morgan fingerprint density at radius 3 is 2.57 bits per heavy atom. The molecular formula is C26H24N4O4S. The number of anilines is 1. The summed E-state index contributed by atoms with van der Waals surface area (Å²) in [6, 6.07) is 19.6. The number of aryl methyl sites for hydroxylation is 1. The zero-order chi connectivity index (χ0) is 24.4. The summed E-state index contributed by atoms with van der Waals surface area (Å²) in [5.41, 5.74) is 3.78. The predicted molar refractivity (Wildman–Crippen MR) is 137 cm³/mol. The largest absolute Gasteiger partial charge is 0.493 e. The molecule has 5 aromatic rings. The first-order valence-corrected chi connectivity index (χ1v) is 12.1. The molecule has 0 spiro atoms. The van der Waals surface area contributed by atoms with Crippen LogP contribution in [0.1, 0.15) is 6.92 Å². The molecule has 0 radical (unpaired) electrons. The molecular weight excluding hydrogens is 464 g/mol. The van der Waals surface area contributed by atoms with E-state index in [9.17, 15) is 4.79 Å². The van der Waals surface area contributed by atoms with E-state index < -0.39 is 0 Å². The highest BCUT2D eigenvalue weighted by molar-refractivity contribution is 7.99. The summed E-state index contributed by atoms with van der Waals surface area (Å²) in [4.78, 5) is 12.6. The molecule has 8 nitrogen and oxygen atoms in total. The highest BCUT2D eigenvalue weighted by Crippen LogP contribution is 2.33. The van der Waals surface area contributed by atoms with Gasteiger partial charge in [-0.1, -0.05) is 30.0 Å². The SMILES string of the molecule is CCn1c2ccccc2c2cc(NC(=O)CSc3nnc(-c4ccc(OC)c(OC)c4)o3)ccc21. The number of aromatic nitrogens is 3. The highest BCUT2D eigenvalue weighted by Gasteiger charge is 2.15. The van der Waals surface area contributed by atoms with Crippen LogP contribution < -0.4 is 14.8 Å². The number of hydrogen-bond donors (Lipinski definition) is 1. The minimum Gasteiger partial charge on any atom is -0.493 e. The predicted octanol–water partition coefficient (Wildman–Crippen LogP) is 5.61. The maximum absolute atomic E-state index is 12.6. The van der Waals surface area contributed by atoms with Gasteiger partial charge < -0.3 is 23.8 Å². The number of carbonyl (C=O) groups excluding carboxylic acids is 1. The minimum absolute atomic E-state index is 0.141. The van der Waals surface area contributed by atoms with Crippen molar-refractivity contribution in [2.24, 2.45) is 0 Å². The Morgan fingerprint density at radius 2 is 1.77 bits per heavy atom. The smallest absolute Gasteiger partial charge is 0.277 e. The van der Waals surface area contributed by atoms with Crippen LogP contribution in [0.2, 0.25) is 0 Å². The number of nitrogens with zero attached hydrogens (tertiary/aromatic N) is 3. The van der Waals surface area contributed by atoms with E-state index >= 15 is 0 Å². The van der Waals surface area contributed by atoms with Gasteiger partial charge >= 0.3 is 0 Å². The molecule has 5 rings (SSSR count). The lowest BCUT2D eigenvalue weighted by Crippen LogP contribution is -2.13. The second-order valence-corrected chi connectivity index (χ2v) is 8.70. The van der Waals surface area contributed by atoms with Crippen LogP contribution >= 0.6 is 11.8 Å². The normalized spacial score (nSPS) is 11.2. The molecule has 35 heavy (non-hydrogen) atoms. The Balaban J connectivity index is 1.27. The summed E-state index contributed by atoms with van der Waals surface area (Å²) in [5.74, 6) is 1.50. The van der Waals surface area contributed by atoms with Crippen molar-refractivity contribution >= 4 is 45.2 Å². The first-order chi connectivity index (χ1) is 17.1. The maximum atomic E-state index is 12.6. The van der Waals surface area contributed by atoms with E-state index in [0.29, 0.717) is 28.2 Å². The molecule has 0 aliphatic carbocycles. The molecule has 0 saturated carbocycles. The first kappa shape index (κ1) is 22.8. The van der Waals surface area contributed by atoms with Gasteiger partial charge in [0.1, 0.15) is 0 Å². The van der Waals surface area contributed by atoms with Gasteiger partial charge in [0, 0.05) is 39.6 Å². The molecule has 178 valence electrons. The van der Waals surface area contributed by atoms with Crippen molar-refractivity contribution in [3.8, 4) is 23.0 Å². The van der Waals surface area contributed by atoms with Crippen molar-refractivity contribution in [1.82, 2.24) is 14.8 Å². The van der Waals surface area contributed by atoms with E-state index in [4.69, 9.17) is 13.9 Å². The van der Waals surface area contributed by atoms with Crippen molar-refractivity contribution < 1.29 is 18.7 Å². The number of hydrogen-bond acceptors (Lipinski definition) is 7. The summed E-state index contributed by atoms with van der Waals surface area (Å²) < 4.78 is 18.6. The molecule has 1 N–H and O–H groups in total. The van der Waals surface area contributed by atoms with Crippen LogP contribution in [-0.2, 0) is 11.3 Å². The van der Waals surface area contributed by atoms with E-state index in [1.165, 1.54) is 22.7 Å². The first-order valence-electron chi connectivity index (χ1n) is 11.1. The Bertz CT molecular complexity index is 1520. The van der Waals surface area contributed by atoms with E-state index in [0.717, 1.165) is 23.1 Å². The number of thioether (sulfide) groups is 1. The molecule has 0 unspecified atom stereocenters. The van der Waals surface area contributed by atoms with Crippen molar-refractivity contribution in [3.63, 3.8) is 0 Å². The third-order valence-corrected chi connectivity index (χ3v) is 6.55. The zero-order valence-corrected chi connectivity index (χ0v) is 20.4. The third kappa shape index (κ3) is 4.42. The van der Waals surface area contributed by atoms with Crippen LogP contribution in [0, 0.1) is 0 Å². The van der Waals surface area contributed by atoms with Gasteiger partial charge in [-0.25, -0.2) is 0 Å². The molecule has 0 saturated heterocycles. The van der Waals surface area contributed by atoms with E-state index in [-0.39, 0.29) is 11.7 Å². The van der Waals surface area contributed by atoms with Crippen LogP contribution in [0.3, 0.4) is 0 Å². The highest BCUT2D eigenvalue weighted by atomic mass is 32.2. The van der Waals surface area contributed by atoms with Crippen LogP contribution in [0.15, 0.2) is 70.3 Å². The summed E-state index contributed by atoms with van der Waals surface area (Å²) >= 11 is 1.18. The molecule has 0 bridgehead atoms. The van der Waals surface area contributed by atoms with Gasteiger partial charge in [-0.2, -0.15) is 0 Å². The summed E-state index contributed by atoms with van der Waals surface area (Å²) in [7, 11) is 3.14. The molecule has 1 amide bonds. The Morgan fingerprint density at radius 1 is 0.971 bits per heavy atom. The van der Waals surface area contributed by atoms with Crippen molar-refractivity contribution in [1.29, 1.82) is 0 Å². The molecule has 9 heteroatoms. The standard InChI is InChI=1S/C26H24N4O4S/c1-4-30-20-8-6-5-7-18(20)19-14-17(10-11-21(19)30)27-24(31)15-35-26-29-28-25(34-26)16-9-12-22(32-2)23(13-16)33-3/h5-14H,4,15H2,1-3H3,(H,27,31). The van der Waals surface area contributed by atoms with E-state index in [2.05, 4.69) is 45.2 Å². The fourth-order valence-electron chi connectivity index (χ4n) is 4.15. The molecule has 2 aromatic heterocycles. The second kappa shape index (κ2) is 9.71. The van der Waals surface area contributed by atoms with Gasteiger partial charge in [0.15, 0.2) is 11.5 Å². The van der Waals surface area contributed by atoms with Crippen molar-refractivity contribution in [2.75, 3.05) is 25.3 Å². The van der Waals surface area contributed by atoms with Gasteiger partial charge in [-0.15, -0.1) is 10.2 Å². The van der Waals surface area contributed by atoms with E-state index in [1.807, 2.05) is 30.3 Å². The number of amides is 1. The van der Waals surface area contributed by atoms with Crippen LogP contribution in [0.4, 0.5) is 5.69 Å². The number of benzene rings is 3. The monoisotopic (exact) mass is 488 g/mol. The fourth-order valence-corrected chi connectivity index (χ4v) is 4.71. The molecule has 0 aliphatic rings. The Hall–Kier alpha value is -3.98. The quantitative estimate of drug-likeness (QED) is 0.284. The summed E-state index contributed by atoms with van der Waals surface area (Å²) in [5, 5.41) is 13.7. The molecule has 3 aromatic carbocycles. The summed E-state index contributed by atoms with van der Waals surface area (Å²) in [6.45, 7) is 3.01. The van der Waals surface area contributed by atoms with Crippen molar-refractivity contribution in [2.45, 2.75) is 18.7 Å². The van der Waals surface area contributed by atoms with Gasteiger partial charge in [-0.05, 0) is 49.4 Å². The maximum Gasteiger partial charge on any atom is 0.277 e. The van der Waals surface area contributed by atoms with Crippen LogP contribution in [0.25, 0.3) is 33.3 Å². The topological polar surface area (TPSA) is 91.4 Å². The molecule has 2 heterocycles. The van der Waals surface area contributed by atoms with Gasteiger partial charge in [0.2, 0.25) is 11.8 Å². The third-order valence-electron chi connectivity index (χ3n) is 5.74. The number of rotatable bonds is 8. The van der Waals surface area contributed by atoms with Gasteiger partial charge in [-0.3, -0.25) is 4.79 Å². The number of fused-ring (bicyclic) bond motifs is 3. The van der Waals surface area contributed by atoms with Crippen LogP contribution in [-0.4, -0.2) is 40.6 Å². The van der Waals surface area contributed by atoms with E-state index in [1.54, 1.807) is 26.4 Å². The lowest BCUT2D eigenvalue weighted by atomic mass is 10.1. The average Bonchev–Trinajstić information content (AvgIpc) is 3.49. The summed E-state index contributed by atoms with van der Waals surface area (Å²) in [6.07, 6.45) is 0. The Labute approximate surface area is 206 Å². The molecule has 0 aliphatic heterocycles. The number of methoxy groups -OCH3 is 2. The second-order valence-electron chi connectivity index (χ2n) is 7.77. The Kier molecular flexibility index (Phi) is 6.33. The number of ether oxygens (including phenoxy) is 2. The number of carbonyl (C=O) groups is 1. The lowest BCUT2D eigenvalue weighted by molar-refractivity contribution is -0.113. The molecule has 0 atom stereocenters.